The maximum absolute atomic E-state index is 10.4. The molecule has 0 spiro atoms. The van der Waals surface area contributed by atoms with Crippen LogP contribution in [0.4, 0.5) is 0 Å². The maximum atomic E-state index is 10.4. The third-order valence-corrected chi connectivity index (χ3v) is 3.30. The Hall–Kier alpha value is 0.870. The van der Waals surface area contributed by atoms with Crippen molar-refractivity contribution in [2.45, 2.75) is 65.2 Å². The molecule has 6 heteroatoms. The van der Waals surface area contributed by atoms with E-state index in [0.29, 0.717) is 0 Å². The summed E-state index contributed by atoms with van der Waals surface area (Å²) >= 11 is 0. The zero-order chi connectivity index (χ0) is 13.1. The molecule has 4 nitrogen and oxygen atoms in total. The molecule has 18 heavy (non-hydrogen) atoms. The largest absolute Gasteiger partial charge is 1.00 e. The summed E-state index contributed by atoms with van der Waals surface area (Å²) in [5.41, 5.74) is 0. The maximum Gasteiger partial charge on any atom is 1.00 e. The van der Waals surface area contributed by atoms with Crippen LogP contribution in [0.1, 0.15) is 65.2 Å². The van der Waals surface area contributed by atoms with Crippen molar-refractivity contribution in [1.29, 1.82) is 0 Å². The monoisotopic (exact) mass is 288 g/mol. The Bertz CT molecular complexity index is 267. The summed E-state index contributed by atoms with van der Waals surface area (Å²) in [6, 6.07) is 0. The molecule has 1 atom stereocenters. The minimum Gasteiger partial charge on any atom is -0.726 e. The van der Waals surface area contributed by atoms with E-state index in [9.17, 15) is 13.0 Å². The third-order valence-electron chi connectivity index (χ3n) is 2.88. The molecule has 0 rings (SSSR count). The molecule has 0 fully saturated rings. The fourth-order valence-corrected chi connectivity index (χ4v) is 2.20. The van der Waals surface area contributed by atoms with Gasteiger partial charge >= 0.3 is 29.6 Å². The molecule has 0 aliphatic rings. The van der Waals surface area contributed by atoms with E-state index < -0.39 is 10.4 Å². The van der Waals surface area contributed by atoms with Gasteiger partial charge in [-0.2, -0.15) is 0 Å². The molecule has 104 valence electrons. The average molecular weight is 288 g/mol. The SMILES string of the molecule is CCCCCCC(CCCC)COS(=O)(=O)[O-].[Na+]. The summed E-state index contributed by atoms with van der Waals surface area (Å²) in [5.74, 6) is 0.204. The topological polar surface area (TPSA) is 66.4 Å². The first-order valence-corrected chi connectivity index (χ1v) is 7.93. The van der Waals surface area contributed by atoms with Crippen molar-refractivity contribution in [3.05, 3.63) is 0 Å². The van der Waals surface area contributed by atoms with E-state index in [0.717, 1.165) is 32.1 Å². The Morgan fingerprint density at radius 2 is 1.56 bits per heavy atom. The normalized spacial score (nSPS) is 13.1. The van der Waals surface area contributed by atoms with E-state index in [-0.39, 0.29) is 42.1 Å². The minimum absolute atomic E-state index is 0. The van der Waals surface area contributed by atoms with Crippen molar-refractivity contribution in [2.24, 2.45) is 5.92 Å². The number of hydrogen-bond acceptors (Lipinski definition) is 4. The fourth-order valence-electron chi connectivity index (χ4n) is 1.84. The molecule has 0 saturated carbocycles. The second kappa shape index (κ2) is 12.9. The molecule has 0 heterocycles. The van der Waals surface area contributed by atoms with Gasteiger partial charge in [-0.25, -0.2) is 8.42 Å². The minimum atomic E-state index is -4.53. The predicted octanol–water partition coefficient (Wildman–Crippen LogP) is 0.244. The van der Waals surface area contributed by atoms with Crippen LogP contribution in [0, 0.1) is 5.92 Å². The second-order valence-electron chi connectivity index (χ2n) is 4.55. The summed E-state index contributed by atoms with van der Waals surface area (Å²) in [4.78, 5) is 0. The van der Waals surface area contributed by atoms with E-state index in [1.54, 1.807) is 0 Å². The molecular weight excluding hydrogens is 263 g/mol. The van der Waals surface area contributed by atoms with Gasteiger partial charge < -0.3 is 4.55 Å². The Balaban J connectivity index is 0. The molecule has 0 radical (unpaired) electrons. The van der Waals surface area contributed by atoms with Gasteiger partial charge in [0.15, 0.2) is 0 Å². The van der Waals surface area contributed by atoms with Gasteiger partial charge in [0.1, 0.15) is 0 Å². The van der Waals surface area contributed by atoms with Crippen molar-refractivity contribution in [2.75, 3.05) is 6.61 Å². The van der Waals surface area contributed by atoms with Gasteiger partial charge in [-0.05, 0) is 18.8 Å². The summed E-state index contributed by atoms with van der Waals surface area (Å²) in [5, 5.41) is 0. The van der Waals surface area contributed by atoms with Crippen LogP contribution in [-0.2, 0) is 14.6 Å². The number of unbranched alkanes of at least 4 members (excludes halogenated alkanes) is 4. The van der Waals surface area contributed by atoms with E-state index in [2.05, 4.69) is 18.0 Å². The smallest absolute Gasteiger partial charge is 0.726 e. The zero-order valence-electron chi connectivity index (χ0n) is 12.0. The zero-order valence-corrected chi connectivity index (χ0v) is 14.8. The van der Waals surface area contributed by atoms with Gasteiger partial charge in [0.05, 0.1) is 6.61 Å². The molecule has 1 unspecified atom stereocenters. The molecule has 0 aromatic carbocycles. The first-order valence-electron chi connectivity index (χ1n) is 6.59. The Morgan fingerprint density at radius 1 is 1.00 bits per heavy atom. The summed E-state index contributed by atoms with van der Waals surface area (Å²) in [6.07, 6.45) is 8.68. The molecule has 0 bridgehead atoms. The predicted molar refractivity (Wildman–Crippen MR) is 67.4 cm³/mol. The van der Waals surface area contributed by atoms with E-state index in [4.69, 9.17) is 0 Å². The van der Waals surface area contributed by atoms with E-state index in [1.807, 2.05) is 0 Å². The average Bonchev–Trinajstić information content (AvgIpc) is 2.25. The summed E-state index contributed by atoms with van der Waals surface area (Å²) in [6.45, 7) is 4.30. The Morgan fingerprint density at radius 3 is 2.06 bits per heavy atom. The fraction of sp³-hybridized carbons (Fsp3) is 1.00. The summed E-state index contributed by atoms with van der Waals surface area (Å²) in [7, 11) is -4.53. The van der Waals surface area contributed by atoms with Gasteiger partial charge in [0.2, 0.25) is 10.4 Å². The molecule has 0 saturated heterocycles. The van der Waals surface area contributed by atoms with E-state index in [1.165, 1.54) is 19.3 Å². The molecule has 0 N–H and O–H groups in total. The number of hydrogen-bond donors (Lipinski definition) is 0. The molecule has 0 aromatic rings. The molecule has 0 amide bonds. The van der Waals surface area contributed by atoms with Crippen molar-refractivity contribution in [3.8, 4) is 0 Å². The van der Waals surface area contributed by atoms with Crippen molar-refractivity contribution < 1.29 is 46.7 Å². The molecule has 0 aromatic heterocycles. The van der Waals surface area contributed by atoms with Gasteiger partial charge in [0, 0.05) is 0 Å². The van der Waals surface area contributed by atoms with Crippen molar-refractivity contribution in [3.63, 3.8) is 0 Å². The van der Waals surface area contributed by atoms with Gasteiger partial charge in [-0.1, -0.05) is 52.4 Å². The second-order valence-corrected chi connectivity index (χ2v) is 5.60. The first kappa shape index (κ1) is 21.2. The van der Waals surface area contributed by atoms with Crippen LogP contribution in [0.5, 0.6) is 0 Å². The van der Waals surface area contributed by atoms with Crippen LogP contribution in [-0.4, -0.2) is 19.6 Å². The van der Waals surface area contributed by atoms with Crippen LogP contribution in [0.2, 0.25) is 0 Å². The van der Waals surface area contributed by atoms with Crippen LogP contribution >= 0.6 is 0 Å². The Labute approximate surface area is 134 Å². The molecule has 0 aliphatic carbocycles. The third kappa shape index (κ3) is 14.9. The quantitative estimate of drug-likeness (QED) is 0.236. The van der Waals surface area contributed by atoms with Gasteiger partial charge in [-0.15, -0.1) is 0 Å². The van der Waals surface area contributed by atoms with Gasteiger partial charge in [0.25, 0.3) is 0 Å². The first-order chi connectivity index (χ1) is 7.99. The van der Waals surface area contributed by atoms with Gasteiger partial charge in [-0.3, -0.25) is 4.18 Å². The van der Waals surface area contributed by atoms with Crippen LogP contribution < -0.4 is 29.6 Å². The Kier molecular flexibility index (Phi) is 15.2. The molecular formula is C12H25NaO4S. The molecule has 0 aliphatic heterocycles. The van der Waals surface area contributed by atoms with E-state index >= 15 is 0 Å². The van der Waals surface area contributed by atoms with Crippen molar-refractivity contribution >= 4 is 10.4 Å². The van der Waals surface area contributed by atoms with Crippen LogP contribution in [0.3, 0.4) is 0 Å². The van der Waals surface area contributed by atoms with Crippen molar-refractivity contribution in [1.82, 2.24) is 0 Å². The van der Waals surface area contributed by atoms with Crippen LogP contribution in [0.15, 0.2) is 0 Å². The standard InChI is InChI=1S/C12H26O4S.Na/c1-3-5-7-8-10-12(9-6-4-2)11-16-17(13,14)15;/h12H,3-11H2,1-2H3,(H,13,14,15);/q;+1/p-1. The summed E-state index contributed by atoms with van der Waals surface area (Å²) < 4.78 is 35.6. The number of rotatable bonds is 11. The van der Waals surface area contributed by atoms with Crippen LogP contribution in [0.25, 0.3) is 0 Å².